The van der Waals surface area contributed by atoms with Crippen molar-refractivity contribution < 1.29 is 9.53 Å². The Balaban J connectivity index is 2.04. The maximum absolute atomic E-state index is 11.9. The number of hydrogen-bond acceptors (Lipinski definition) is 5. The Bertz CT molecular complexity index is 538. The van der Waals surface area contributed by atoms with Gasteiger partial charge in [0, 0.05) is 5.56 Å². The highest BCUT2D eigenvalue weighted by Crippen LogP contribution is 2.18. The number of nitrogens with zero attached hydrogens (tertiary/aromatic N) is 3. The topological polar surface area (TPSA) is 92.8 Å². The minimum absolute atomic E-state index is 0.210. The van der Waals surface area contributed by atoms with Gasteiger partial charge < -0.3 is 10.1 Å². The summed E-state index contributed by atoms with van der Waals surface area (Å²) in [7, 11) is 1.57. The van der Waals surface area contributed by atoms with E-state index >= 15 is 0 Å². The summed E-state index contributed by atoms with van der Waals surface area (Å²) in [6, 6.07) is 5.27. The van der Waals surface area contributed by atoms with Crippen LogP contribution in [0, 0.1) is 6.92 Å². The predicted octanol–water partition coefficient (Wildman–Crippen LogP) is 0.447. The molecule has 7 nitrogen and oxygen atoms in total. The van der Waals surface area contributed by atoms with Gasteiger partial charge in [0.1, 0.15) is 5.75 Å². The van der Waals surface area contributed by atoms with Crippen molar-refractivity contribution in [2.45, 2.75) is 13.5 Å². The first-order valence-corrected chi connectivity index (χ1v) is 5.36. The molecule has 18 heavy (non-hydrogen) atoms. The number of aromatic nitrogens is 4. The van der Waals surface area contributed by atoms with E-state index in [0.29, 0.717) is 17.1 Å². The molecule has 0 spiro atoms. The highest BCUT2D eigenvalue weighted by Gasteiger charge is 2.09. The van der Waals surface area contributed by atoms with Crippen molar-refractivity contribution in [3.63, 3.8) is 0 Å². The molecule has 2 N–H and O–H groups in total. The minimum atomic E-state index is -0.210. The van der Waals surface area contributed by atoms with Gasteiger partial charge in [-0.05, 0) is 24.6 Å². The van der Waals surface area contributed by atoms with Gasteiger partial charge >= 0.3 is 0 Å². The molecule has 1 aromatic carbocycles. The van der Waals surface area contributed by atoms with Gasteiger partial charge in [0.2, 0.25) is 0 Å². The Labute approximate surface area is 104 Å². The van der Waals surface area contributed by atoms with E-state index in [0.717, 1.165) is 5.56 Å². The molecule has 0 aliphatic heterocycles. The summed E-state index contributed by atoms with van der Waals surface area (Å²) >= 11 is 0. The zero-order valence-electron chi connectivity index (χ0n) is 10.1. The van der Waals surface area contributed by atoms with Crippen molar-refractivity contribution in [1.82, 2.24) is 25.9 Å². The fourth-order valence-electron chi connectivity index (χ4n) is 1.48. The van der Waals surface area contributed by atoms with Gasteiger partial charge in [0.05, 0.1) is 13.7 Å². The molecule has 1 amide bonds. The molecule has 0 aliphatic carbocycles. The lowest BCUT2D eigenvalue weighted by molar-refractivity contribution is 0.0949. The van der Waals surface area contributed by atoms with Gasteiger partial charge in [-0.25, -0.2) is 0 Å². The molecule has 7 heteroatoms. The highest BCUT2D eigenvalue weighted by molar-refractivity contribution is 5.94. The molecule has 0 fully saturated rings. The van der Waals surface area contributed by atoms with Crippen LogP contribution in [-0.4, -0.2) is 33.6 Å². The summed E-state index contributed by atoms with van der Waals surface area (Å²) in [5.74, 6) is 0.905. The third-order valence-electron chi connectivity index (χ3n) is 2.47. The van der Waals surface area contributed by atoms with E-state index in [4.69, 9.17) is 4.74 Å². The minimum Gasteiger partial charge on any atom is -0.496 e. The van der Waals surface area contributed by atoms with Crippen LogP contribution < -0.4 is 10.1 Å². The number of ether oxygens (including phenoxy) is 1. The van der Waals surface area contributed by atoms with E-state index in [2.05, 4.69) is 25.9 Å². The van der Waals surface area contributed by atoms with E-state index in [1.165, 1.54) is 0 Å². The van der Waals surface area contributed by atoms with Gasteiger partial charge in [-0.2, -0.15) is 5.21 Å². The number of tetrazole rings is 1. The van der Waals surface area contributed by atoms with Crippen molar-refractivity contribution in [2.75, 3.05) is 7.11 Å². The van der Waals surface area contributed by atoms with Crippen molar-refractivity contribution in [2.24, 2.45) is 0 Å². The van der Waals surface area contributed by atoms with Crippen LogP contribution >= 0.6 is 0 Å². The number of nitrogens with one attached hydrogen (secondary N) is 2. The van der Waals surface area contributed by atoms with Crippen LogP contribution in [0.1, 0.15) is 21.7 Å². The van der Waals surface area contributed by atoms with Crippen molar-refractivity contribution in [3.8, 4) is 5.75 Å². The van der Waals surface area contributed by atoms with Gasteiger partial charge in [-0.3, -0.25) is 4.79 Å². The standard InChI is InChI=1S/C11H13N5O2/c1-7-3-4-8(5-9(7)18-2)11(17)12-6-10-13-15-16-14-10/h3-5H,6H2,1-2H3,(H,12,17)(H,13,14,15,16). The fourth-order valence-corrected chi connectivity index (χ4v) is 1.48. The number of benzene rings is 1. The Hall–Kier alpha value is -2.44. The van der Waals surface area contributed by atoms with Crippen LogP contribution in [0.15, 0.2) is 18.2 Å². The highest BCUT2D eigenvalue weighted by atomic mass is 16.5. The van der Waals surface area contributed by atoms with Crippen molar-refractivity contribution in [3.05, 3.63) is 35.2 Å². The average Bonchev–Trinajstić information content (AvgIpc) is 2.89. The largest absolute Gasteiger partial charge is 0.496 e. The predicted molar refractivity (Wildman–Crippen MR) is 63.1 cm³/mol. The van der Waals surface area contributed by atoms with Gasteiger partial charge in [-0.1, -0.05) is 11.3 Å². The lowest BCUT2D eigenvalue weighted by atomic mass is 10.1. The summed E-state index contributed by atoms with van der Waals surface area (Å²) in [6.45, 7) is 2.14. The van der Waals surface area contributed by atoms with Crippen LogP contribution in [0.25, 0.3) is 0 Å². The molecular formula is C11H13N5O2. The van der Waals surface area contributed by atoms with Gasteiger partial charge in [0.15, 0.2) is 5.82 Å². The Morgan fingerprint density at radius 2 is 2.33 bits per heavy atom. The monoisotopic (exact) mass is 247 g/mol. The van der Waals surface area contributed by atoms with Crippen LogP contribution in [0.2, 0.25) is 0 Å². The molecule has 0 radical (unpaired) electrons. The molecule has 1 heterocycles. The quantitative estimate of drug-likeness (QED) is 0.818. The zero-order valence-corrected chi connectivity index (χ0v) is 10.1. The first-order valence-electron chi connectivity index (χ1n) is 5.36. The molecule has 0 saturated heterocycles. The van der Waals surface area contributed by atoms with Crippen molar-refractivity contribution >= 4 is 5.91 Å². The zero-order chi connectivity index (χ0) is 13.0. The average molecular weight is 247 g/mol. The number of aryl methyl sites for hydroxylation is 1. The molecule has 0 bridgehead atoms. The maximum Gasteiger partial charge on any atom is 0.251 e. The number of aromatic amines is 1. The summed E-state index contributed by atoms with van der Waals surface area (Å²) in [4.78, 5) is 11.9. The second kappa shape index (κ2) is 5.26. The number of carbonyl (C=O) groups excluding carboxylic acids is 1. The molecule has 0 aliphatic rings. The van der Waals surface area contributed by atoms with Crippen LogP contribution in [0.4, 0.5) is 0 Å². The molecule has 0 saturated carbocycles. The SMILES string of the molecule is COc1cc(C(=O)NCc2nn[nH]n2)ccc1C. The maximum atomic E-state index is 11.9. The van der Waals surface area contributed by atoms with Crippen LogP contribution in [0.5, 0.6) is 5.75 Å². The number of H-pyrrole nitrogens is 1. The van der Waals surface area contributed by atoms with Crippen molar-refractivity contribution in [1.29, 1.82) is 0 Å². The van der Waals surface area contributed by atoms with Gasteiger partial charge in [0.25, 0.3) is 5.91 Å². The number of methoxy groups -OCH3 is 1. The second-order valence-corrected chi connectivity index (χ2v) is 3.70. The summed E-state index contributed by atoms with van der Waals surface area (Å²) < 4.78 is 5.17. The second-order valence-electron chi connectivity index (χ2n) is 3.70. The van der Waals surface area contributed by atoms with Crippen LogP contribution in [-0.2, 0) is 6.54 Å². The smallest absolute Gasteiger partial charge is 0.251 e. The molecule has 1 aromatic heterocycles. The lowest BCUT2D eigenvalue weighted by Crippen LogP contribution is -2.23. The van der Waals surface area contributed by atoms with Crippen LogP contribution in [0.3, 0.4) is 0 Å². The van der Waals surface area contributed by atoms with E-state index in [1.807, 2.05) is 13.0 Å². The van der Waals surface area contributed by atoms with E-state index in [-0.39, 0.29) is 12.5 Å². The fraction of sp³-hybridized carbons (Fsp3) is 0.273. The number of rotatable bonds is 4. The molecule has 2 rings (SSSR count). The first-order chi connectivity index (χ1) is 8.70. The van der Waals surface area contributed by atoms with E-state index in [1.54, 1.807) is 19.2 Å². The number of hydrogen-bond donors (Lipinski definition) is 2. The Morgan fingerprint density at radius 1 is 1.50 bits per heavy atom. The molecular weight excluding hydrogens is 234 g/mol. The molecule has 0 atom stereocenters. The normalized spacial score (nSPS) is 10.1. The first kappa shape index (κ1) is 12.0. The molecule has 94 valence electrons. The summed E-state index contributed by atoms with van der Waals surface area (Å²) in [6.07, 6.45) is 0. The summed E-state index contributed by atoms with van der Waals surface area (Å²) in [5, 5.41) is 15.9. The Kier molecular flexibility index (Phi) is 3.52. The number of amides is 1. The van der Waals surface area contributed by atoms with E-state index < -0.39 is 0 Å². The molecule has 2 aromatic rings. The third kappa shape index (κ3) is 2.62. The lowest BCUT2D eigenvalue weighted by Gasteiger charge is -2.07. The third-order valence-corrected chi connectivity index (χ3v) is 2.47. The van der Waals surface area contributed by atoms with Gasteiger partial charge in [-0.15, -0.1) is 10.2 Å². The molecule has 0 unspecified atom stereocenters. The summed E-state index contributed by atoms with van der Waals surface area (Å²) in [5.41, 5.74) is 1.51. The van der Waals surface area contributed by atoms with E-state index in [9.17, 15) is 4.79 Å². The Morgan fingerprint density at radius 3 is 3.00 bits per heavy atom. The number of carbonyl (C=O) groups is 1.